The number of carbonyl (C=O) groups is 2. The molecule has 11 heteroatoms. The molecule has 228 valence electrons. The van der Waals surface area contributed by atoms with E-state index in [2.05, 4.69) is 22.4 Å². The number of amides is 2. The molecule has 3 aromatic rings. The Kier molecular flexibility index (Phi) is 11.1. The summed E-state index contributed by atoms with van der Waals surface area (Å²) >= 11 is 1.56. The minimum atomic E-state index is -0.798. The summed E-state index contributed by atoms with van der Waals surface area (Å²) in [5.41, 5.74) is 5.24. The Morgan fingerprint density at radius 1 is 1.21 bits per heavy atom. The van der Waals surface area contributed by atoms with Gasteiger partial charge in [0.05, 0.1) is 34.5 Å². The fourth-order valence-corrected chi connectivity index (χ4v) is 5.97. The van der Waals surface area contributed by atoms with E-state index in [-0.39, 0.29) is 37.2 Å². The van der Waals surface area contributed by atoms with Crippen LogP contribution in [0, 0.1) is 19.8 Å². The maximum Gasteiger partial charge on any atom is 0.243 e. The van der Waals surface area contributed by atoms with Gasteiger partial charge in [-0.2, -0.15) is 0 Å². The first kappa shape index (κ1) is 31.7. The molecule has 0 saturated carbocycles. The number of hydrogen-bond donors (Lipinski definition) is 2. The van der Waals surface area contributed by atoms with Gasteiger partial charge in [0.25, 0.3) is 0 Å². The van der Waals surface area contributed by atoms with Crippen molar-refractivity contribution in [3.05, 3.63) is 52.5 Å². The first-order valence-corrected chi connectivity index (χ1v) is 15.5. The molecule has 1 fully saturated rings. The molecule has 3 heterocycles. The van der Waals surface area contributed by atoms with E-state index in [4.69, 9.17) is 14.0 Å². The number of likely N-dealkylation sites (tertiary alicyclic amines) is 1. The van der Waals surface area contributed by atoms with Gasteiger partial charge in [-0.1, -0.05) is 44.5 Å². The summed E-state index contributed by atoms with van der Waals surface area (Å²) in [6.07, 6.45) is 1.45. The monoisotopic (exact) mass is 598 g/mol. The highest BCUT2D eigenvalue weighted by Gasteiger charge is 2.43. The Morgan fingerprint density at radius 2 is 2.02 bits per heavy atom. The standard InChI is InChI=1S/C31H42N4O6S/c1-6-7-10-39-11-12-40-26-14-22(29-21(5)33-18-42-29)8-9-23(26)16-32-30(37)25-15-24(36)17-35(25)31(38)28(19(2)3)27-13-20(4)34-41-27/h8-9,13-14,18-19,24-25,28,36H,6-7,10-12,15-17H2,1-5H3,(H,32,37)/t24-,25+,28+/m1/s1. The zero-order valence-electron chi connectivity index (χ0n) is 25.1. The largest absolute Gasteiger partial charge is 0.491 e. The van der Waals surface area contributed by atoms with E-state index < -0.39 is 18.1 Å². The lowest BCUT2D eigenvalue weighted by Crippen LogP contribution is -2.48. The molecule has 0 unspecified atom stereocenters. The number of nitrogens with one attached hydrogen (secondary N) is 1. The van der Waals surface area contributed by atoms with Crippen molar-refractivity contribution in [2.75, 3.05) is 26.4 Å². The highest BCUT2D eigenvalue weighted by Crippen LogP contribution is 2.33. The lowest BCUT2D eigenvalue weighted by Gasteiger charge is -2.28. The second kappa shape index (κ2) is 14.8. The van der Waals surface area contributed by atoms with Crippen LogP contribution in [-0.2, 0) is 20.9 Å². The van der Waals surface area contributed by atoms with Gasteiger partial charge in [-0.15, -0.1) is 11.3 Å². The molecule has 0 spiro atoms. The van der Waals surface area contributed by atoms with Crippen molar-refractivity contribution < 1.29 is 28.7 Å². The lowest BCUT2D eigenvalue weighted by molar-refractivity contribution is -0.141. The van der Waals surface area contributed by atoms with E-state index in [0.717, 1.165) is 34.5 Å². The fourth-order valence-electron chi connectivity index (χ4n) is 5.16. The molecular weight excluding hydrogens is 556 g/mol. The number of ether oxygens (including phenoxy) is 2. The van der Waals surface area contributed by atoms with E-state index in [1.807, 2.05) is 44.5 Å². The molecule has 2 N–H and O–H groups in total. The Hall–Kier alpha value is -3.28. The van der Waals surface area contributed by atoms with Crippen molar-refractivity contribution in [2.24, 2.45) is 5.92 Å². The third kappa shape index (κ3) is 7.76. The molecule has 2 aromatic heterocycles. The quantitative estimate of drug-likeness (QED) is 0.257. The number of hydrogen-bond acceptors (Lipinski definition) is 9. The van der Waals surface area contributed by atoms with Crippen LogP contribution in [-0.4, -0.2) is 70.5 Å². The first-order valence-electron chi connectivity index (χ1n) is 14.6. The number of carbonyl (C=O) groups excluding carboxylic acids is 2. The van der Waals surface area contributed by atoms with Gasteiger partial charge in [0.15, 0.2) is 0 Å². The first-order chi connectivity index (χ1) is 20.2. The van der Waals surface area contributed by atoms with Crippen LogP contribution in [0.3, 0.4) is 0 Å². The zero-order chi connectivity index (χ0) is 30.2. The minimum Gasteiger partial charge on any atom is -0.491 e. The molecule has 1 saturated heterocycles. The maximum atomic E-state index is 13.7. The number of unbranched alkanes of at least 4 members (excludes halogenated alkanes) is 1. The number of thiazole rings is 1. The van der Waals surface area contributed by atoms with E-state index in [0.29, 0.717) is 37.0 Å². The number of aliphatic hydroxyl groups excluding tert-OH is 1. The predicted molar refractivity (Wildman–Crippen MR) is 160 cm³/mol. The molecule has 0 aliphatic carbocycles. The molecule has 2 amide bonds. The Morgan fingerprint density at radius 3 is 2.69 bits per heavy atom. The SMILES string of the molecule is CCCCOCCOc1cc(-c2scnc2C)ccc1CNC(=O)[C@@H]1C[C@@H](O)CN1C(=O)[C@H](c1cc(C)no1)C(C)C. The summed E-state index contributed by atoms with van der Waals surface area (Å²) < 4.78 is 17.2. The van der Waals surface area contributed by atoms with E-state index in [1.165, 1.54) is 4.90 Å². The summed E-state index contributed by atoms with van der Waals surface area (Å²) in [4.78, 5) is 34.0. The Bertz CT molecular complexity index is 1340. The van der Waals surface area contributed by atoms with Gasteiger partial charge in [0.1, 0.15) is 30.1 Å². The van der Waals surface area contributed by atoms with Gasteiger partial charge >= 0.3 is 0 Å². The summed E-state index contributed by atoms with van der Waals surface area (Å²) in [6.45, 7) is 11.6. The second-order valence-electron chi connectivity index (χ2n) is 11.1. The van der Waals surface area contributed by atoms with Crippen molar-refractivity contribution >= 4 is 23.2 Å². The molecule has 1 aromatic carbocycles. The number of rotatable bonds is 14. The zero-order valence-corrected chi connectivity index (χ0v) is 25.9. The minimum absolute atomic E-state index is 0.0855. The number of aliphatic hydroxyl groups is 1. The van der Waals surface area contributed by atoms with Crippen LogP contribution in [0.5, 0.6) is 5.75 Å². The molecular formula is C31H42N4O6S. The van der Waals surface area contributed by atoms with Crippen molar-refractivity contribution in [3.63, 3.8) is 0 Å². The number of benzene rings is 1. The highest BCUT2D eigenvalue weighted by molar-refractivity contribution is 7.13. The van der Waals surface area contributed by atoms with Gasteiger partial charge in [0.2, 0.25) is 11.8 Å². The Balaban J connectivity index is 1.47. The number of nitrogens with zero attached hydrogens (tertiary/aromatic N) is 3. The molecule has 3 atom stereocenters. The second-order valence-corrected chi connectivity index (χ2v) is 12.0. The summed E-state index contributed by atoms with van der Waals surface area (Å²) in [5, 5.41) is 17.4. The molecule has 1 aliphatic rings. The topological polar surface area (TPSA) is 127 Å². The average Bonchev–Trinajstić information content (AvgIpc) is 3.69. The van der Waals surface area contributed by atoms with Gasteiger partial charge in [-0.05, 0) is 37.8 Å². The van der Waals surface area contributed by atoms with Crippen LogP contribution in [0.1, 0.15) is 68.7 Å². The van der Waals surface area contributed by atoms with Gasteiger partial charge in [-0.25, -0.2) is 4.98 Å². The third-order valence-electron chi connectivity index (χ3n) is 7.41. The summed E-state index contributed by atoms with van der Waals surface area (Å²) in [6, 6.07) is 6.85. The van der Waals surface area contributed by atoms with Crippen LogP contribution in [0.15, 0.2) is 34.3 Å². The number of β-amino-alcohol motifs (C(OH)–C–C–N with tert-alkyl or cyclic N) is 1. The normalized spacial score (nSPS) is 17.5. The third-order valence-corrected chi connectivity index (χ3v) is 8.38. The van der Waals surface area contributed by atoms with Gasteiger partial charge in [-0.3, -0.25) is 9.59 Å². The van der Waals surface area contributed by atoms with Crippen LogP contribution in [0.25, 0.3) is 10.4 Å². The van der Waals surface area contributed by atoms with Crippen molar-refractivity contribution in [2.45, 2.75) is 78.5 Å². The van der Waals surface area contributed by atoms with Crippen molar-refractivity contribution in [1.82, 2.24) is 20.4 Å². The average molecular weight is 599 g/mol. The maximum absolute atomic E-state index is 13.7. The molecule has 0 bridgehead atoms. The molecule has 0 radical (unpaired) electrons. The lowest BCUT2D eigenvalue weighted by atomic mass is 9.91. The van der Waals surface area contributed by atoms with E-state index in [9.17, 15) is 14.7 Å². The number of aryl methyl sites for hydroxylation is 2. The predicted octanol–water partition coefficient (Wildman–Crippen LogP) is 4.63. The summed E-state index contributed by atoms with van der Waals surface area (Å²) in [7, 11) is 0. The molecule has 10 nitrogen and oxygen atoms in total. The van der Waals surface area contributed by atoms with Crippen LogP contribution in [0.2, 0.25) is 0 Å². The van der Waals surface area contributed by atoms with Gasteiger partial charge < -0.3 is 29.3 Å². The van der Waals surface area contributed by atoms with Gasteiger partial charge in [0, 0.05) is 37.7 Å². The van der Waals surface area contributed by atoms with E-state index >= 15 is 0 Å². The number of aromatic nitrogens is 2. The van der Waals surface area contributed by atoms with Crippen molar-refractivity contribution in [3.8, 4) is 16.2 Å². The van der Waals surface area contributed by atoms with Crippen LogP contribution < -0.4 is 10.1 Å². The smallest absolute Gasteiger partial charge is 0.243 e. The highest BCUT2D eigenvalue weighted by atomic mass is 32.1. The molecule has 4 rings (SSSR count). The van der Waals surface area contributed by atoms with Crippen LogP contribution in [0.4, 0.5) is 0 Å². The fraction of sp³-hybridized carbons (Fsp3) is 0.548. The van der Waals surface area contributed by atoms with Crippen molar-refractivity contribution in [1.29, 1.82) is 0 Å². The molecule has 42 heavy (non-hydrogen) atoms. The summed E-state index contributed by atoms with van der Waals surface area (Å²) in [5.74, 6) is -0.155. The van der Waals surface area contributed by atoms with E-state index in [1.54, 1.807) is 24.3 Å². The van der Waals surface area contributed by atoms with Crippen LogP contribution >= 0.6 is 11.3 Å². The Labute approximate surface area is 251 Å². The molecule has 1 aliphatic heterocycles.